The van der Waals surface area contributed by atoms with Crippen molar-refractivity contribution >= 4 is 16.5 Å². The van der Waals surface area contributed by atoms with Crippen LogP contribution >= 0.6 is 0 Å². The van der Waals surface area contributed by atoms with Gasteiger partial charge in [-0.3, -0.25) is 0 Å². The van der Waals surface area contributed by atoms with Crippen molar-refractivity contribution < 1.29 is 0 Å². The molecule has 0 heterocycles. The lowest BCUT2D eigenvalue weighted by Gasteiger charge is -2.07. The summed E-state index contributed by atoms with van der Waals surface area (Å²) < 4.78 is 0. The molecule has 13 heavy (non-hydrogen) atoms. The summed E-state index contributed by atoms with van der Waals surface area (Å²) in [6.07, 6.45) is 0. The van der Waals surface area contributed by atoms with E-state index in [4.69, 9.17) is 5.73 Å². The number of fused-ring (bicyclic) bond motifs is 1. The fourth-order valence-electron chi connectivity index (χ4n) is 1.70. The van der Waals surface area contributed by atoms with Gasteiger partial charge in [0, 0.05) is 11.1 Å². The number of hydrogen-bond donors (Lipinski definition) is 1. The zero-order valence-electron chi connectivity index (χ0n) is 7.96. The number of aryl methyl sites for hydroxylation is 2. The van der Waals surface area contributed by atoms with Gasteiger partial charge in [0.15, 0.2) is 0 Å². The van der Waals surface area contributed by atoms with Crippen LogP contribution in [-0.2, 0) is 0 Å². The largest absolute Gasteiger partial charge is 0.398 e. The smallest absolute Gasteiger partial charge is 0.0396 e. The molecule has 66 valence electrons. The predicted octanol–water partition coefficient (Wildman–Crippen LogP) is 3.04. The van der Waals surface area contributed by atoms with E-state index in [1.807, 2.05) is 12.1 Å². The Morgan fingerprint density at radius 1 is 1.00 bits per heavy atom. The van der Waals surface area contributed by atoms with Crippen LogP contribution in [0.5, 0.6) is 0 Å². The van der Waals surface area contributed by atoms with Crippen molar-refractivity contribution in [2.24, 2.45) is 0 Å². The summed E-state index contributed by atoms with van der Waals surface area (Å²) in [5, 5.41) is 2.42. The summed E-state index contributed by atoms with van der Waals surface area (Å²) in [4.78, 5) is 0. The molecule has 0 aliphatic carbocycles. The molecular formula is C12H13N. The summed E-state index contributed by atoms with van der Waals surface area (Å²) >= 11 is 0. The molecule has 2 rings (SSSR count). The first kappa shape index (κ1) is 8.11. The molecule has 1 heteroatoms. The van der Waals surface area contributed by atoms with Crippen LogP contribution in [0.15, 0.2) is 30.3 Å². The van der Waals surface area contributed by atoms with Gasteiger partial charge in [0.2, 0.25) is 0 Å². The Labute approximate surface area is 78.2 Å². The first-order valence-electron chi connectivity index (χ1n) is 4.44. The van der Waals surface area contributed by atoms with Gasteiger partial charge < -0.3 is 5.73 Å². The predicted molar refractivity (Wildman–Crippen MR) is 57.8 cm³/mol. The van der Waals surface area contributed by atoms with Gasteiger partial charge in [-0.15, -0.1) is 0 Å². The lowest BCUT2D eigenvalue weighted by molar-refractivity contribution is 1.38. The number of anilines is 1. The molecule has 1 nitrogen and oxygen atoms in total. The molecule has 0 saturated heterocycles. The molecule has 0 saturated carbocycles. The number of benzene rings is 2. The fourth-order valence-corrected chi connectivity index (χ4v) is 1.70. The monoisotopic (exact) mass is 171 g/mol. The molecule has 2 aromatic rings. The van der Waals surface area contributed by atoms with E-state index in [-0.39, 0.29) is 0 Å². The Kier molecular flexibility index (Phi) is 1.73. The van der Waals surface area contributed by atoms with Crippen LogP contribution in [-0.4, -0.2) is 0 Å². The first-order chi connectivity index (χ1) is 6.20. The Balaban J connectivity index is 2.97. The Morgan fingerprint density at radius 2 is 1.77 bits per heavy atom. The summed E-state index contributed by atoms with van der Waals surface area (Å²) in [6, 6.07) is 10.3. The highest BCUT2D eigenvalue weighted by atomic mass is 14.5. The van der Waals surface area contributed by atoms with Crippen LogP contribution < -0.4 is 5.73 Å². The minimum Gasteiger partial charge on any atom is -0.398 e. The van der Waals surface area contributed by atoms with E-state index in [2.05, 4.69) is 32.0 Å². The quantitative estimate of drug-likeness (QED) is 0.606. The van der Waals surface area contributed by atoms with Crippen LogP contribution in [0.1, 0.15) is 11.1 Å². The van der Waals surface area contributed by atoms with Crippen molar-refractivity contribution in [2.45, 2.75) is 13.8 Å². The number of nitrogen functional groups attached to an aromatic ring is 1. The molecule has 0 aromatic heterocycles. The minimum atomic E-state index is 0.874. The molecule has 0 radical (unpaired) electrons. The van der Waals surface area contributed by atoms with E-state index in [1.165, 1.54) is 21.9 Å². The molecule has 2 N–H and O–H groups in total. The van der Waals surface area contributed by atoms with Crippen molar-refractivity contribution in [1.29, 1.82) is 0 Å². The van der Waals surface area contributed by atoms with Crippen LogP contribution in [0, 0.1) is 13.8 Å². The Morgan fingerprint density at radius 3 is 2.54 bits per heavy atom. The standard InChI is InChI=1S/C12H13N/c1-8-6-7-10-4-3-5-11(13)12(10)9(8)2/h3-7H,13H2,1-2H3. The maximum Gasteiger partial charge on any atom is 0.0396 e. The van der Waals surface area contributed by atoms with Gasteiger partial charge in [-0.1, -0.05) is 24.3 Å². The average molecular weight is 171 g/mol. The van der Waals surface area contributed by atoms with Crippen LogP contribution in [0.2, 0.25) is 0 Å². The first-order valence-corrected chi connectivity index (χ1v) is 4.44. The summed E-state index contributed by atoms with van der Waals surface area (Å²) in [7, 11) is 0. The van der Waals surface area contributed by atoms with Crippen LogP contribution in [0.4, 0.5) is 5.69 Å². The molecule has 0 amide bonds. The van der Waals surface area contributed by atoms with E-state index in [1.54, 1.807) is 0 Å². The highest BCUT2D eigenvalue weighted by molar-refractivity contribution is 5.96. The molecular weight excluding hydrogens is 158 g/mol. The molecule has 0 aliphatic rings. The van der Waals surface area contributed by atoms with Gasteiger partial charge in [0.25, 0.3) is 0 Å². The molecule has 0 bridgehead atoms. The maximum atomic E-state index is 5.93. The van der Waals surface area contributed by atoms with Gasteiger partial charge in [-0.2, -0.15) is 0 Å². The SMILES string of the molecule is Cc1ccc2cccc(N)c2c1C. The second-order valence-electron chi connectivity index (χ2n) is 3.45. The van der Waals surface area contributed by atoms with Gasteiger partial charge in [0.1, 0.15) is 0 Å². The molecule has 0 fully saturated rings. The lowest BCUT2D eigenvalue weighted by Crippen LogP contribution is -1.90. The van der Waals surface area contributed by atoms with E-state index in [0.717, 1.165) is 5.69 Å². The van der Waals surface area contributed by atoms with Gasteiger partial charge in [0.05, 0.1) is 0 Å². The third-order valence-electron chi connectivity index (χ3n) is 2.61. The maximum absolute atomic E-state index is 5.93. The molecule has 0 spiro atoms. The van der Waals surface area contributed by atoms with Crippen molar-refractivity contribution in [1.82, 2.24) is 0 Å². The molecule has 0 aliphatic heterocycles. The van der Waals surface area contributed by atoms with Gasteiger partial charge >= 0.3 is 0 Å². The highest BCUT2D eigenvalue weighted by Gasteiger charge is 2.02. The number of rotatable bonds is 0. The molecule has 0 atom stereocenters. The second-order valence-corrected chi connectivity index (χ2v) is 3.45. The van der Waals surface area contributed by atoms with Gasteiger partial charge in [-0.25, -0.2) is 0 Å². The van der Waals surface area contributed by atoms with E-state index in [0.29, 0.717) is 0 Å². The van der Waals surface area contributed by atoms with Crippen molar-refractivity contribution in [3.8, 4) is 0 Å². The van der Waals surface area contributed by atoms with Gasteiger partial charge in [-0.05, 0) is 36.4 Å². The normalized spacial score (nSPS) is 10.6. The summed E-state index contributed by atoms with van der Waals surface area (Å²) in [5.74, 6) is 0. The minimum absolute atomic E-state index is 0.874. The highest BCUT2D eigenvalue weighted by Crippen LogP contribution is 2.26. The summed E-state index contributed by atoms with van der Waals surface area (Å²) in [6.45, 7) is 4.23. The van der Waals surface area contributed by atoms with Crippen molar-refractivity contribution in [2.75, 3.05) is 5.73 Å². The number of nitrogens with two attached hydrogens (primary N) is 1. The molecule has 2 aromatic carbocycles. The zero-order valence-corrected chi connectivity index (χ0v) is 7.96. The number of hydrogen-bond acceptors (Lipinski definition) is 1. The second kappa shape index (κ2) is 2.77. The topological polar surface area (TPSA) is 26.0 Å². The van der Waals surface area contributed by atoms with Crippen molar-refractivity contribution in [3.05, 3.63) is 41.5 Å². The van der Waals surface area contributed by atoms with E-state index < -0.39 is 0 Å². The Hall–Kier alpha value is -1.50. The Bertz CT molecular complexity index is 458. The molecule has 0 unspecified atom stereocenters. The third-order valence-corrected chi connectivity index (χ3v) is 2.61. The van der Waals surface area contributed by atoms with Crippen molar-refractivity contribution in [3.63, 3.8) is 0 Å². The van der Waals surface area contributed by atoms with E-state index in [9.17, 15) is 0 Å². The van der Waals surface area contributed by atoms with Crippen LogP contribution in [0.3, 0.4) is 0 Å². The average Bonchev–Trinajstić information content (AvgIpc) is 2.12. The zero-order chi connectivity index (χ0) is 9.42. The van der Waals surface area contributed by atoms with Crippen LogP contribution in [0.25, 0.3) is 10.8 Å². The summed E-state index contributed by atoms with van der Waals surface area (Å²) in [5.41, 5.74) is 9.38. The lowest BCUT2D eigenvalue weighted by atomic mass is 10.00. The van der Waals surface area contributed by atoms with E-state index >= 15 is 0 Å². The third kappa shape index (κ3) is 1.17. The fraction of sp³-hybridized carbons (Fsp3) is 0.167.